The third-order valence-electron chi connectivity index (χ3n) is 4.84. The predicted molar refractivity (Wildman–Crippen MR) is 101 cm³/mol. The molecule has 3 atom stereocenters. The van der Waals surface area contributed by atoms with E-state index in [1.54, 1.807) is 0 Å². The minimum atomic E-state index is -1.14. The van der Waals surface area contributed by atoms with Gasteiger partial charge in [0.05, 0.1) is 8.07 Å². The zero-order valence-electron chi connectivity index (χ0n) is 15.7. The Hall–Kier alpha value is -0.373. The quantitative estimate of drug-likeness (QED) is 0.300. The Bertz CT molecular complexity index is 353. The fraction of sp³-hybridized carbons (Fsp3) is 0.850. The molecule has 0 bridgehead atoms. The molecule has 1 saturated carbocycles. The molecular weight excluding hydrogens is 284 g/mol. The lowest BCUT2D eigenvalue weighted by atomic mass is 10.0. The van der Waals surface area contributed by atoms with Crippen molar-refractivity contribution >= 4 is 13.9 Å². The van der Waals surface area contributed by atoms with Gasteiger partial charge in [-0.1, -0.05) is 83.8 Å². The lowest BCUT2D eigenvalue weighted by molar-refractivity contribution is -0.120. The van der Waals surface area contributed by atoms with Gasteiger partial charge in [-0.2, -0.15) is 0 Å². The number of allylic oxidation sites excluding steroid dienone is 1. The fourth-order valence-electron chi connectivity index (χ4n) is 3.40. The summed E-state index contributed by atoms with van der Waals surface area (Å²) in [5.74, 6) is 2.16. The topological polar surface area (TPSA) is 17.1 Å². The molecule has 0 aromatic rings. The van der Waals surface area contributed by atoms with Crippen LogP contribution in [0.2, 0.25) is 19.6 Å². The summed E-state index contributed by atoms with van der Waals surface area (Å²) in [7, 11) is -1.14. The molecule has 0 saturated heterocycles. The van der Waals surface area contributed by atoms with Gasteiger partial charge in [-0.05, 0) is 24.7 Å². The highest BCUT2D eigenvalue weighted by Crippen LogP contribution is 2.51. The molecule has 2 heteroatoms. The Labute approximate surface area is 140 Å². The molecule has 0 aromatic carbocycles. The molecule has 0 aromatic heterocycles. The fourth-order valence-corrected chi connectivity index (χ4v) is 4.20. The van der Waals surface area contributed by atoms with Crippen LogP contribution in [0, 0.1) is 17.8 Å². The first-order valence-electron chi connectivity index (χ1n) is 9.62. The summed E-state index contributed by atoms with van der Waals surface area (Å²) in [5, 5.41) is 0. The van der Waals surface area contributed by atoms with Gasteiger partial charge in [0.2, 0.25) is 0 Å². The molecule has 0 radical (unpaired) electrons. The van der Waals surface area contributed by atoms with E-state index in [4.69, 9.17) is 0 Å². The van der Waals surface area contributed by atoms with Gasteiger partial charge in [0.25, 0.3) is 0 Å². The monoisotopic (exact) mass is 322 g/mol. The van der Waals surface area contributed by atoms with Crippen LogP contribution in [0.4, 0.5) is 0 Å². The van der Waals surface area contributed by atoms with E-state index >= 15 is 0 Å². The molecule has 1 aliphatic carbocycles. The molecule has 1 fully saturated rings. The molecule has 0 spiro atoms. The van der Waals surface area contributed by atoms with Crippen molar-refractivity contribution in [1.29, 1.82) is 0 Å². The molecular formula is C20H38OSi. The number of Topliss-reactive ketones (excluding diaryl/α,β-unsaturated/α-hetero) is 1. The largest absolute Gasteiger partial charge is 0.299 e. The third-order valence-corrected chi connectivity index (χ3v) is 6.03. The number of ketones is 1. The molecule has 0 unspecified atom stereocenters. The first-order chi connectivity index (χ1) is 10.4. The standard InChI is InChI=1S/C20H38OSi/c1-6-8-10-11-12-14-19(21)20-17(13-9-7-2)18(20)15-16-22(3,4)5/h15-18,20H,6-14H2,1-5H3/b16-15+/t17-,18-,20+/m0/s1. The van der Waals surface area contributed by atoms with E-state index in [-0.39, 0.29) is 0 Å². The first kappa shape index (κ1) is 19.7. The Kier molecular flexibility index (Phi) is 8.67. The van der Waals surface area contributed by atoms with Crippen LogP contribution in [0.25, 0.3) is 0 Å². The van der Waals surface area contributed by atoms with Crippen molar-refractivity contribution in [3.8, 4) is 0 Å². The number of rotatable bonds is 12. The number of hydrogen-bond donors (Lipinski definition) is 0. The molecule has 0 aliphatic heterocycles. The maximum atomic E-state index is 12.5. The van der Waals surface area contributed by atoms with Gasteiger partial charge < -0.3 is 0 Å². The summed E-state index contributed by atoms with van der Waals surface area (Å²) in [4.78, 5) is 12.5. The van der Waals surface area contributed by atoms with E-state index in [0.29, 0.717) is 23.5 Å². The molecule has 0 heterocycles. The molecule has 0 N–H and O–H groups in total. The highest BCUT2D eigenvalue weighted by molar-refractivity contribution is 6.80. The number of carbonyl (C=O) groups is 1. The maximum Gasteiger partial charge on any atom is 0.136 e. The van der Waals surface area contributed by atoms with Crippen LogP contribution in [0.1, 0.15) is 71.6 Å². The van der Waals surface area contributed by atoms with Crippen molar-refractivity contribution in [1.82, 2.24) is 0 Å². The molecule has 1 aliphatic rings. The molecule has 1 nitrogen and oxygen atoms in total. The summed E-state index contributed by atoms with van der Waals surface area (Å²) < 4.78 is 0. The van der Waals surface area contributed by atoms with Crippen molar-refractivity contribution in [3.05, 3.63) is 11.8 Å². The van der Waals surface area contributed by atoms with E-state index in [0.717, 1.165) is 12.8 Å². The lowest BCUT2D eigenvalue weighted by Crippen LogP contribution is -2.15. The maximum absolute atomic E-state index is 12.5. The van der Waals surface area contributed by atoms with E-state index in [1.165, 1.54) is 44.9 Å². The second-order valence-corrected chi connectivity index (χ2v) is 13.3. The van der Waals surface area contributed by atoms with Crippen molar-refractivity contribution in [2.24, 2.45) is 17.8 Å². The summed E-state index contributed by atoms with van der Waals surface area (Å²) in [5.41, 5.74) is 2.45. The van der Waals surface area contributed by atoms with Crippen LogP contribution in [-0.4, -0.2) is 13.9 Å². The van der Waals surface area contributed by atoms with Crippen molar-refractivity contribution in [3.63, 3.8) is 0 Å². The van der Waals surface area contributed by atoms with Crippen LogP contribution in [0.15, 0.2) is 11.8 Å². The van der Waals surface area contributed by atoms with E-state index in [1.807, 2.05) is 0 Å². The van der Waals surface area contributed by atoms with E-state index < -0.39 is 8.07 Å². The third kappa shape index (κ3) is 7.26. The average Bonchev–Trinajstić information content (AvgIpc) is 3.15. The van der Waals surface area contributed by atoms with Gasteiger partial charge in [-0.25, -0.2) is 0 Å². The Morgan fingerprint density at radius 2 is 1.59 bits per heavy atom. The number of carbonyl (C=O) groups excluding carboxylic acids is 1. The van der Waals surface area contributed by atoms with Crippen LogP contribution in [0.5, 0.6) is 0 Å². The van der Waals surface area contributed by atoms with Crippen molar-refractivity contribution < 1.29 is 4.79 Å². The van der Waals surface area contributed by atoms with Crippen LogP contribution in [0.3, 0.4) is 0 Å². The molecule has 22 heavy (non-hydrogen) atoms. The summed E-state index contributed by atoms with van der Waals surface area (Å²) in [6.45, 7) is 11.6. The summed E-state index contributed by atoms with van der Waals surface area (Å²) in [6.07, 6.45) is 13.3. The number of unbranched alkanes of at least 4 members (excludes halogenated alkanes) is 5. The van der Waals surface area contributed by atoms with Gasteiger partial charge in [0.1, 0.15) is 5.78 Å². The zero-order valence-corrected chi connectivity index (χ0v) is 16.7. The number of hydrogen-bond acceptors (Lipinski definition) is 1. The molecule has 1 rings (SSSR count). The van der Waals surface area contributed by atoms with Crippen LogP contribution >= 0.6 is 0 Å². The van der Waals surface area contributed by atoms with Gasteiger partial charge >= 0.3 is 0 Å². The van der Waals surface area contributed by atoms with Gasteiger partial charge in [-0.15, -0.1) is 0 Å². The Morgan fingerprint density at radius 1 is 0.955 bits per heavy atom. The Morgan fingerprint density at radius 3 is 2.18 bits per heavy atom. The first-order valence-corrected chi connectivity index (χ1v) is 13.2. The highest BCUT2D eigenvalue weighted by Gasteiger charge is 2.51. The smallest absolute Gasteiger partial charge is 0.136 e. The van der Waals surface area contributed by atoms with Crippen LogP contribution < -0.4 is 0 Å². The van der Waals surface area contributed by atoms with E-state index in [2.05, 4.69) is 45.3 Å². The minimum absolute atomic E-state index is 0.366. The Balaban J connectivity index is 2.43. The highest BCUT2D eigenvalue weighted by atomic mass is 28.3. The lowest BCUT2D eigenvalue weighted by Gasteiger charge is -2.07. The zero-order chi connectivity index (χ0) is 16.6. The molecule has 128 valence electrons. The minimum Gasteiger partial charge on any atom is -0.299 e. The van der Waals surface area contributed by atoms with Crippen molar-refractivity contribution in [2.45, 2.75) is 91.3 Å². The van der Waals surface area contributed by atoms with Gasteiger partial charge in [0, 0.05) is 12.3 Å². The SMILES string of the molecule is CCCCCCCC(=O)[C@H]1[C@@H](/C=C/[Si](C)(C)C)[C@@H]1CCCC. The second-order valence-electron chi connectivity index (χ2n) is 8.26. The normalized spacial score (nSPS) is 24.9. The average molecular weight is 323 g/mol. The van der Waals surface area contributed by atoms with E-state index in [9.17, 15) is 4.79 Å². The summed E-state index contributed by atoms with van der Waals surface area (Å²) >= 11 is 0. The molecule has 0 amide bonds. The predicted octanol–water partition coefficient (Wildman–Crippen LogP) is 6.40. The van der Waals surface area contributed by atoms with Gasteiger partial charge in [0.15, 0.2) is 0 Å². The summed E-state index contributed by atoms with van der Waals surface area (Å²) in [6, 6.07) is 0. The van der Waals surface area contributed by atoms with Crippen LogP contribution in [-0.2, 0) is 4.79 Å². The van der Waals surface area contributed by atoms with Crippen molar-refractivity contribution in [2.75, 3.05) is 0 Å². The van der Waals surface area contributed by atoms with Gasteiger partial charge in [-0.3, -0.25) is 4.79 Å². The second kappa shape index (κ2) is 9.70.